The molecule has 0 spiro atoms. The second-order valence-corrected chi connectivity index (χ2v) is 4.81. The number of nitrogens with zero attached hydrogens (tertiary/aromatic N) is 2. The summed E-state index contributed by atoms with van der Waals surface area (Å²) in [5.74, 6) is 0.725. The number of rotatable bonds is 3. The molecule has 1 saturated heterocycles. The van der Waals surface area contributed by atoms with Gasteiger partial charge < -0.3 is 14.6 Å². The van der Waals surface area contributed by atoms with Crippen LogP contribution in [0.1, 0.15) is 31.2 Å². The number of benzene rings is 1. The summed E-state index contributed by atoms with van der Waals surface area (Å²) >= 11 is 0. The fraction of sp³-hybridized carbons (Fsp3) is 0.429. The molecule has 1 fully saturated rings. The van der Waals surface area contributed by atoms with Crippen molar-refractivity contribution in [1.82, 2.24) is 15.5 Å². The first kappa shape index (κ1) is 13.1. The Labute approximate surface area is 116 Å². The Hall–Kier alpha value is -1.95. The van der Waals surface area contributed by atoms with Crippen molar-refractivity contribution < 1.29 is 13.7 Å². The molecule has 0 bridgehead atoms. The normalized spacial score (nSPS) is 19.0. The topological polar surface area (TPSA) is 60.2 Å². The molecule has 1 aliphatic rings. The Balaban J connectivity index is 1.84. The van der Waals surface area contributed by atoms with Gasteiger partial charge in [0, 0.05) is 5.56 Å². The zero-order chi connectivity index (χ0) is 13.9. The number of nitrogens with one attached hydrogen (secondary N) is 1. The van der Waals surface area contributed by atoms with E-state index in [2.05, 4.69) is 15.5 Å². The van der Waals surface area contributed by atoms with Crippen LogP contribution in [-0.4, -0.2) is 23.8 Å². The molecule has 0 amide bonds. The molecule has 1 aromatic carbocycles. The van der Waals surface area contributed by atoms with Crippen LogP contribution in [0.4, 0.5) is 4.39 Å². The first-order chi connectivity index (χ1) is 9.78. The molecule has 1 unspecified atom stereocenters. The van der Waals surface area contributed by atoms with Gasteiger partial charge in [-0.25, -0.2) is 4.39 Å². The van der Waals surface area contributed by atoms with E-state index in [1.807, 2.05) is 0 Å². The van der Waals surface area contributed by atoms with E-state index in [1.54, 1.807) is 12.1 Å². The third-order valence-electron chi connectivity index (χ3n) is 3.46. The molecule has 2 heterocycles. The van der Waals surface area contributed by atoms with Crippen molar-refractivity contribution in [3.63, 3.8) is 0 Å². The molecule has 0 saturated carbocycles. The van der Waals surface area contributed by atoms with E-state index in [0.29, 0.717) is 17.3 Å². The summed E-state index contributed by atoms with van der Waals surface area (Å²) in [5.41, 5.74) is 0.578. The van der Waals surface area contributed by atoms with Crippen LogP contribution in [0.25, 0.3) is 11.4 Å². The van der Waals surface area contributed by atoms with E-state index in [1.165, 1.54) is 19.6 Å². The number of ether oxygens (including phenoxy) is 1. The van der Waals surface area contributed by atoms with E-state index in [0.717, 1.165) is 19.4 Å². The van der Waals surface area contributed by atoms with Crippen molar-refractivity contribution in [3.8, 4) is 17.1 Å². The lowest BCUT2D eigenvalue weighted by Crippen LogP contribution is -2.26. The van der Waals surface area contributed by atoms with Gasteiger partial charge in [-0.15, -0.1) is 0 Å². The Morgan fingerprint density at radius 3 is 3.00 bits per heavy atom. The van der Waals surface area contributed by atoms with E-state index >= 15 is 0 Å². The molecule has 1 aromatic heterocycles. The van der Waals surface area contributed by atoms with Crippen LogP contribution in [0.5, 0.6) is 5.75 Å². The molecule has 1 aliphatic heterocycles. The smallest absolute Gasteiger partial charge is 0.244 e. The van der Waals surface area contributed by atoms with Crippen LogP contribution < -0.4 is 10.1 Å². The van der Waals surface area contributed by atoms with Crippen molar-refractivity contribution in [3.05, 3.63) is 29.9 Å². The van der Waals surface area contributed by atoms with E-state index in [-0.39, 0.29) is 11.8 Å². The van der Waals surface area contributed by atoms with Gasteiger partial charge in [-0.2, -0.15) is 4.98 Å². The molecular formula is C14H16FN3O2. The highest BCUT2D eigenvalue weighted by Crippen LogP contribution is 2.26. The number of hydrogen-bond acceptors (Lipinski definition) is 5. The first-order valence-electron chi connectivity index (χ1n) is 6.69. The monoisotopic (exact) mass is 277 g/mol. The van der Waals surface area contributed by atoms with Crippen LogP contribution >= 0.6 is 0 Å². The maximum Gasteiger partial charge on any atom is 0.244 e. The van der Waals surface area contributed by atoms with Crippen LogP contribution in [0.3, 0.4) is 0 Å². The molecule has 20 heavy (non-hydrogen) atoms. The third kappa shape index (κ3) is 2.51. The first-order valence-corrected chi connectivity index (χ1v) is 6.69. The minimum absolute atomic E-state index is 0.105. The molecule has 0 aliphatic carbocycles. The number of methoxy groups -OCH3 is 1. The zero-order valence-electron chi connectivity index (χ0n) is 11.2. The number of aromatic nitrogens is 2. The molecular weight excluding hydrogens is 261 g/mol. The highest BCUT2D eigenvalue weighted by Gasteiger charge is 2.21. The molecule has 6 heteroatoms. The highest BCUT2D eigenvalue weighted by atomic mass is 19.1. The lowest BCUT2D eigenvalue weighted by Gasteiger charge is -2.19. The Kier molecular flexibility index (Phi) is 3.64. The summed E-state index contributed by atoms with van der Waals surface area (Å²) in [6.45, 7) is 0.958. The molecule has 5 nitrogen and oxygen atoms in total. The van der Waals surface area contributed by atoms with Gasteiger partial charge in [0.1, 0.15) is 0 Å². The van der Waals surface area contributed by atoms with Crippen molar-refractivity contribution in [1.29, 1.82) is 0 Å². The van der Waals surface area contributed by atoms with E-state index < -0.39 is 5.82 Å². The third-order valence-corrected chi connectivity index (χ3v) is 3.46. The number of halogens is 1. The van der Waals surface area contributed by atoms with Gasteiger partial charge in [0.2, 0.25) is 11.7 Å². The van der Waals surface area contributed by atoms with E-state index in [9.17, 15) is 4.39 Å². The molecule has 0 radical (unpaired) electrons. The summed E-state index contributed by atoms with van der Waals surface area (Å²) in [5, 5.41) is 7.26. The standard InChI is InChI=1S/C14H16FN3O2/c1-19-12-6-5-9(8-10(12)15)13-17-14(20-18-13)11-4-2-3-7-16-11/h5-6,8,11,16H,2-4,7H2,1H3. The van der Waals surface area contributed by atoms with Crippen molar-refractivity contribution >= 4 is 0 Å². The Morgan fingerprint density at radius 1 is 1.40 bits per heavy atom. The average molecular weight is 277 g/mol. The molecule has 2 aromatic rings. The zero-order valence-corrected chi connectivity index (χ0v) is 11.2. The highest BCUT2D eigenvalue weighted by molar-refractivity contribution is 5.56. The van der Waals surface area contributed by atoms with Gasteiger partial charge in [-0.05, 0) is 37.6 Å². The largest absolute Gasteiger partial charge is 0.494 e. The summed E-state index contributed by atoms with van der Waals surface area (Å²) in [7, 11) is 1.43. The van der Waals surface area contributed by atoms with Gasteiger partial charge in [0.15, 0.2) is 11.6 Å². The van der Waals surface area contributed by atoms with Crippen molar-refractivity contribution in [2.45, 2.75) is 25.3 Å². The van der Waals surface area contributed by atoms with Crippen molar-refractivity contribution in [2.24, 2.45) is 0 Å². The summed E-state index contributed by atoms with van der Waals surface area (Å²) in [4.78, 5) is 4.35. The Morgan fingerprint density at radius 2 is 2.30 bits per heavy atom. The lowest BCUT2D eigenvalue weighted by molar-refractivity contribution is 0.297. The quantitative estimate of drug-likeness (QED) is 0.934. The summed E-state index contributed by atoms with van der Waals surface area (Å²) in [6, 6.07) is 4.72. The number of piperidine rings is 1. The summed E-state index contributed by atoms with van der Waals surface area (Å²) in [6.07, 6.45) is 3.30. The second-order valence-electron chi connectivity index (χ2n) is 4.81. The maximum atomic E-state index is 13.7. The molecule has 1 atom stereocenters. The predicted octanol–water partition coefficient (Wildman–Crippen LogP) is 2.70. The van der Waals surface area contributed by atoms with Gasteiger partial charge in [0.05, 0.1) is 13.2 Å². The van der Waals surface area contributed by atoms with E-state index in [4.69, 9.17) is 9.26 Å². The minimum Gasteiger partial charge on any atom is -0.494 e. The molecule has 3 rings (SSSR count). The summed E-state index contributed by atoms with van der Waals surface area (Å²) < 4.78 is 23.8. The van der Waals surface area contributed by atoms with Crippen molar-refractivity contribution in [2.75, 3.05) is 13.7 Å². The van der Waals surface area contributed by atoms with Crippen LogP contribution in [-0.2, 0) is 0 Å². The number of hydrogen-bond donors (Lipinski definition) is 1. The average Bonchev–Trinajstić information content (AvgIpc) is 2.98. The van der Waals surface area contributed by atoms with Gasteiger partial charge >= 0.3 is 0 Å². The fourth-order valence-electron chi connectivity index (χ4n) is 2.36. The maximum absolute atomic E-state index is 13.7. The van der Waals surface area contributed by atoms with Gasteiger partial charge in [-0.1, -0.05) is 11.6 Å². The fourth-order valence-corrected chi connectivity index (χ4v) is 2.36. The SMILES string of the molecule is COc1ccc(-c2noc(C3CCCCN3)n2)cc1F. The van der Waals surface area contributed by atoms with Crippen LogP contribution in [0, 0.1) is 5.82 Å². The molecule has 1 N–H and O–H groups in total. The van der Waals surface area contributed by atoms with Crippen LogP contribution in [0.15, 0.2) is 22.7 Å². The Bertz CT molecular complexity index is 594. The van der Waals surface area contributed by atoms with Crippen LogP contribution in [0.2, 0.25) is 0 Å². The van der Waals surface area contributed by atoms with Gasteiger partial charge in [0.25, 0.3) is 0 Å². The lowest BCUT2D eigenvalue weighted by atomic mass is 10.1. The van der Waals surface area contributed by atoms with Gasteiger partial charge in [-0.3, -0.25) is 0 Å². The molecule has 106 valence electrons. The minimum atomic E-state index is -0.438. The predicted molar refractivity (Wildman–Crippen MR) is 70.8 cm³/mol. The second kappa shape index (κ2) is 5.58.